The Morgan fingerprint density at radius 3 is 2.77 bits per heavy atom. The van der Waals surface area contributed by atoms with Gasteiger partial charge in [-0.25, -0.2) is 4.39 Å². The number of allylic oxidation sites excluding steroid dienone is 2. The Labute approximate surface area is 153 Å². The van der Waals surface area contributed by atoms with E-state index in [-0.39, 0.29) is 23.3 Å². The van der Waals surface area contributed by atoms with Gasteiger partial charge in [0.2, 0.25) is 0 Å². The van der Waals surface area contributed by atoms with Crippen molar-refractivity contribution < 1.29 is 18.7 Å². The van der Waals surface area contributed by atoms with Gasteiger partial charge in [-0.1, -0.05) is 13.0 Å². The minimum absolute atomic E-state index is 0.0666. The van der Waals surface area contributed by atoms with Crippen LogP contribution in [0, 0.1) is 11.2 Å². The number of hydrogen-bond acceptors (Lipinski definition) is 3. The molecular formula is C22H25FO3. The molecule has 0 amide bonds. The monoisotopic (exact) mass is 356 g/mol. The van der Waals surface area contributed by atoms with Crippen LogP contribution in [0.1, 0.15) is 57.1 Å². The Bertz CT molecular complexity index is 836. The lowest BCUT2D eigenvalue weighted by atomic mass is 9.63. The molecule has 3 aliphatic carbocycles. The molecule has 0 unspecified atom stereocenters. The molecule has 0 aliphatic heterocycles. The fourth-order valence-electron chi connectivity index (χ4n) is 5.25. The summed E-state index contributed by atoms with van der Waals surface area (Å²) in [5.74, 6) is -0.188. The molecule has 0 fully saturated rings. The third-order valence-electron chi connectivity index (χ3n) is 6.49. The molecule has 3 aliphatic rings. The predicted molar refractivity (Wildman–Crippen MR) is 98.4 cm³/mol. The van der Waals surface area contributed by atoms with Gasteiger partial charge in [0.25, 0.3) is 0 Å². The molecular weight excluding hydrogens is 331 g/mol. The maximum atomic E-state index is 14.3. The van der Waals surface area contributed by atoms with Crippen LogP contribution in [0.5, 0.6) is 5.75 Å². The number of hydrogen-bond donors (Lipinski definition) is 0. The van der Waals surface area contributed by atoms with Crippen LogP contribution >= 0.6 is 0 Å². The van der Waals surface area contributed by atoms with Crippen molar-refractivity contribution in [2.24, 2.45) is 5.41 Å². The number of halogens is 1. The molecule has 0 spiro atoms. The second-order valence-corrected chi connectivity index (χ2v) is 7.56. The molecule has 0 saturated carbocycles. The number of aryl methyl sites for hydroxylation is 1. The summed E-state index contributed by atoms with van der Waals surface area (Å²) in [5.41, 5.74) is 6.09. The van der Waals surface area contributed by atoms with Gasteiger partial charge in [-0.3, -0.25) is 4.79 Å². The van der Waals surface area contributed by atoms with Gasteiger partial charge >= 0.3 is 5.97 Å². The van der Waals surface area contributed by atoms with Crippen molar-refractivity contribution in [3.63, 3.8) is 0 Å². The SMILES string of the molecule is CC[C@]12CCC3=C(CCc4cc(OC)c(F)cc43)C1=CC[C@@H]2OC(C)=O. The standard InChI is InChI=1S/C22H25FO3/c1-4-22-10-9-15-16(18(22)7-8-21(22)26-13(2)24)6-5-14-11-20(25-3)19(23)12-17(14)15/h7,11-12,21H,4-6,8-10H2,1-3H3/t21-,22-/m0/s1. The van der Waals surface area contributed by atoms with Gasteiger partial charge < -0.3 is 9.47 Å². The molecule has 1 aromatic rings. The number of rotatable bonds is 3. The predicted octanol–water partition coefficient (Wildman–Crippen LogP) is 4.99. The molecule has 4 heteroatoms. The highest BCUT2D eigenvalue weighted by Gasteiger charge is 2.49. The first-order valence-corrected chi connectivity index (χ1v) is 9.47. The van der Waals surface area contributed by atoms with Crippen molar-refractivity contribution in [1.82, 2.24) is 0 Å². The quantitative estimate of drug-likeness (QED) is 0.716. The van der Waals surface area contributed by atoms with E-state index >= 15 is 0 Å². The number of methoxy groups -OCH3 is 1. The summed E-state index contributed by atoms with van der Waals surface area (Å²) in [5, 5.41) is 0. The number of benzene rings is 1. The Morgan fingerprint density at radius 1 is 1.27 bits per heavy atom. The Balaban J connectivity index is 1.78. The van der Waals surface area contributed by atoms with Gasteiger partial charge in [0.1, 0.15) is 6.10 Å². The first kappa shape index (κ1) is 17.3. The van der Waals surface area contributed by atoms with E-state index in [1.807, 2.05) is 6.07 Å². The summed E-state index contributed by atoms with van der Waals surface area (Å²) in [6.45, 7) is 3.67. The lowest BCUT2D eigenvalue weighted by molar-refractivity contribution is -0.151. The van der Waals surface area contributed by atoms with Crippen molar-refractivity contribution >= 4 is 11.5 Å². The lowest BCUT2D eigenvalue weighted by Gasteiger charge is -2.43. The highest BCUT2D eigenvalue weighted by molar-refractivity contribution is 5.79. The second kappa shape index (κ2) is 6.26. The average molecular weight is 356 g/mol. The van der Waals surface area contributed by atoms with E-state index in [0.29, 0.717) is 5.75 Å². The first-order valence-electron chi connectivity index (χ1n) is 9.47. The number of esters is 1. The van der Waals surface area contributed by atoms with Gasteiger partial charge in [0.05, 0.1) is 7.11 Å². The summed E-state index contributed by atoms with van der Waals surface area (Å²) < 4.78 is 25.2. The summed E-state index contributed by atoms with van der Waals surface area (Å²) >= 11 is 0. The van der Waals surface area contributed by atoms with Gasteiger partial charge in [0, 0.05) is 18.8 Å². The van der Waals surface area contributed by atoms with E-state index in [0.717, 1.165) is 44.1 Å². The fraction of sp³-hybridized carbons (Fsp3) is 0.500. The van der Waals surface area contributed by atoms with Crippen molar-refractivity contribution in [3.05, 3.63) is 46.3 Å². The maximum Gasteiger partial charge on any atom is 0.302 e. The minimum atomic E-state index is -0.300. The number of carbonyl (C=O) groups is 1. The Hall–Kier alpha value is -2.10. The Kier molecular flexibility index (Phi) is 4.17. The van der Waals surface area contributed by atoms with Crippen molar-refractivity contribution in [3.8, 4) is 5.75 Å². The molecule has 0 bridgehead atoms. The van der Waals surface area contributed by atoms with Crippen LogP contribution in [0.2, 0.25) is 0 Å². The molecule has 0 saturated heterocycles. The Morgan fingerprint density at radius 2 is 2.08 bits per heavy atom. The van der Waals surface area contributed by atoms with Crippen LogP contribution in [-0.4, -0.2) is 19.2 Å². The summed E-state index contributed by atoms with van der Waals surface area (Å²) in [7, 11) is 1.51. The molecule has 26 heavy (non-hydrogen) atoms. The molecule has 0 aromatic heterocycles. The minimum Gasteiger partial charge on any atom is -0.494 e. The molecule has 138 valence electrons. The highest BCUT2D eigenvalue weighted by Crippen LogP contribution is 2.58. The zero-order chi connectivity index (χ0) is 18.5. The molecule has 4 rings (SSSR count). The summed E-state index contributed by atoms with van der Waals surface area (Å²) in [6, 6.07) is 3.49. The molecule has 0 heterocycles. The number of fused-ring (bicyclic) bond motifs is 4. The molecule has 3 nitrogen and oxygen atoms in total. The van der Waals surface area contributed by atoms with Crippen LogP contribution in [0.3, 0.4) is 0 Å². The van der Waals surface area contributed by atoms with Gasteiger partial charge in [-0.2, -0.15) is 0 Å². The smallest absolute Gasteiger partial charge is 0.302 e. The molecule has 1 aromatic carbocycles. The third kappa shape index (κ3) is 2.42. The van der Waals surface area contributed by atoms with E-state index < -0.39 is 0 Å². The maximum absolute atomic E-state index is 14.3. The van der Waals surface area contributed by atoms with Gasteiger partial charge in [-0.15, -0.1) is 0 Å². The topological polar surface area (TPSA) is 35.5 Å². The molecule has 0 radical (unpaired) electrons. The zero-order valence-corrected chi connectivity index (χ0v) is 15.7. The number of ether oxygens (including phenoxy) is 2. The summed E-state index contributed by atoms with van der Waals surface area (Å²) in [4.78, 5) is 11.6. The van der Waals surface area contributed by atoms with E-state index in [1.165, 1.54) is 36.3 Å². The second-order valence-electron chi connectivity index (χ2n) is 7.56. The lowest BCUT2D eigenvalue weighted by Crippen LogP contribution is -2.38. The largest absolute Gasteiger partial charge is 0.494 e. The first-order chi connectivity index (χ1) is 12.5. The van der Waals surface area contributed by atoms with Gasteiger partial charge in [0.15, 0.2) is 11.6 Å². The van der Waals surface area contributed by atoms with Crippen LogP contribution in [-0.2, 0) is 16.0 Å². The zero-order valence-electron chi connectivity index (χ0n) is 15.7. The van der Waals surface area contributed by atoms with Crippen LogP contribution < -0.4 is 4.74 Å². The van der Waals surface area contributed by atoms with Crippen LogP contribution in [0.4, 0.5) is 4.39 Å². The van der Waals surface area contributed by atoms with Crippen molar-refractivity contribution in [2.75, 3.05) is 7.11 Å². The fourth-order valence-corrected chi connectivity index (χ4v) is 5.25. The van der Waals surface area contributed by atoms with Crippen molar-refractivity contribution in [1.29, 1.82) is 0 Å². The third-order valence-corrected chi connectivity index (χ3v) is 6.49. The number of carbonyl (C=O) groups excluding carboxylic acids is 1. The normalized spacial score (nSPS) is 26.6. The van der Waals surface area contributed by atoms with E-state index in [4.69, 9.17) is 9.47 Å². The van der Waals surface area contributed by atoms with Crippen LogP contribution in [0.25, 0.3) is 5.57 Å². The van der Waals surface area contributed by atoms with Gasteiger partial charge in [-0.05, 0) is 72.1 Å². The molecule has 2 atom stereocenters. The molecule has 0 N–H and O–H groups in total. The highest BCUT2D eigenvalue weighted by atomic mass is 19.1. The van der Waals surface area contributed by atoms with E-state index in [1.54, 1.807) is 6.07 Å². The van der Waals surface area contributed by atoms with E-state index in [9.17, 15) is 9.18 Å². The van der Waals surface area contributed by atoms with Crippen LogP contribution in [0.15, 0.2) is 29.4 Å². The van der Waals surface area contributed by atoms with Crippen molar-refractivity contribution in [2.45, 2.75) is 58.5 Å². The summed E-state index contributed by atoms with van der Waals surface area (Å²) in [6.07, 6.45) is 7.62. The average Bonchev–Trinajstić information content (AvgIpc) is 2.99. The van der Waals surface area contributed by atoms with E-state index in [2.05, 4.69) is 13.0 Å².